The van der Waals surface area contributed by atoms with Gasteiger partial charge >= 0.3 is 5.97 Å². The van der Waals surface area contributed by atoms with E-state index in [9.17, 15) is 9.18 Å². The summed E-state index contributed by atoms with van der Waals surface area (Å²) in [6.07, 6.45) is 3.50. The minimum Gasteiger partial charge on any atom is -0.466 e. The van der Waals surface area contributed by atoms with E-state index >= 15 is 0 Å². The van der Waals surface area contributed by atoms with Crippen LogP contribution in [0, 0.1) is 11.2 Å². The summed E-state index contributed by atoms with van der Waals surface area (Å²) in [5.74, 6) is -0.433. The summed E-state index contributed by atoms with van der Waals surface area (Å²) < 4.78 is 19.4. The van der Waals surface area contributed by atoms with Crippen molar-refractivity contribution in [2.24, 2.45) is 10.6 Å². The molecule has 5 nitrogen and oxygen atoms in total. The zero-order chi connectivity index (χ0) is 19.3. The molecule has 0 radical (unpaired) electrons. The fourth-order valence-electron chi connectivity index (χ4n) is 4.12. The van der Waals surface area contributed by atoms with Crippen molar-refractivity contribution in [2.75, 3.05) is 26.2 Å². The molecule has 3 rings (SSSR count). The number of piperidine rings is 1. The van der Waals surface area contributed by atoms with Crippen LogP contribution >= 0.6 is 0 Å². The smallest absolute Gasteiger partial charge is 0.312 e. The summed E-state index contributed by atoms with van der Waals surface area (Å²) in [5.41, 5.74) is 0.550. The lowest BCUT2D eigenvalue weighted by Crippen LogP contribution is -2.47. The largest absolute Gasteiger partial charge is 0.466 e. The van der Waals surface area contributed by atoms with Crippen molar-refractivity contribution in [3.63, 3.8) is 0 Å². The van der Waals surface area contributed by atoms with E-state index in [1.807, 2.05) is 6.92 Å². The highest BCUT2D eigenvalue weighted by atomic mass is 19.1. The normalized spacial score (nSPS) is 22.2. The van der Waals surface area contributed by atoms with Gasteiger partial charge in [-0.3, -0.25) is 4.79 Å². The molecule has 2 aliphatic heterocycles. The standard InChI is InChI=1S/C21H29FN2O3/c1-3-11-24-12-9-21(10-13-24,20(25)26-4-2)15-16-14-19(23-27-16)17-7-5-6-8-18(17)22/h5-8,16H,3-4,9-15H2,1-2H3/t16-/m0/s1. The van der Waals surface area contributed by atoms with Gasteiger partial charge in [0.1, 0.15) is 11.9 Å². The Morgan fingerprint density at radius 1 is 1.33 bits per heavy atom. The number of nitrogens with zero attached hydrogens (tertiary/aromatic N) is 2. The minimum atomic E-state index is -0.537. The number of oxime groups is 1. The number of carbonyl (C=O) groups excluding carboxylic acids is 1. The highest BCUT2D eigenvalue weighted by molar-refractivity contribution is 6.01. The third kappa shape index (κ3) is 4.49. The van der Waals surface area contributed by atoms with Crippen LogP contribution in [0.2, 0.25) is 0 Å². The van der Waals surface area contributed by atoms with Gasteiger partial charge in [-0.1, -0.05) is 30.3 Å². The summed E-state index contributed by atoms with van der Waals surface area (Å²) in [4.78, 5) is 20.8. The molecular weight excluding hydrogens is 347 g/mol. The maximum atomic E-state index is 14.0. The first-order valence-electron chi connectivity index (χ1n) is 9.95. The molecule has 0 saturated carbocycles. The Labute approximate surface area is 160 Å². The van der Waals surface area contributed by atoms with E-state index < -0.39 is 5.41 Å². The van der Waals surface area contributed by atoms with Gasteiger partial charge in [0, 0.05) is 18.4 Å². The highest BCUT2D eigenvalue weighted by Gasteiger charge is 2.45. The van der Waals surface area contributed by atoms with Gasteiger partial charge in [-0.25, -0.2) is 4.39 Å². The second kappa shape index (κ2) is 8.83. The average molecular weight is 376 g/mol. The van der Waals surface area contributed by atoms with Crippen LogP contribution in [0.15, 0.2) is 29.4 Å². The molecule has 27 heavy (non-hydrogen) atoms. The van der Waals surface area contributed by atoms with Crippen LogP contribution in [-0.2, 0) is 14.4 Å². The van der Waals surface area contributed by atoms with Crippen molar-refractivity contribution in [1.29, 1.82) is 0 Å². The van der Waals surface area contributed by atoms with Crippen LogP contribution in [0.5, 0.6) is 0 Å². The maximum Gasteiger partial charge on any atom is 0.312 e. The first-order chi connectivity index (χ1) is 13.1. The number of hydrogen-bond donors (Lipinski definition) is 0. The number of halogens is 1. The Morgan fingerprint density at radius 2 is 2.07 bits per heavy atom. The predicted molar refractivity (Wildman–Crippen MR) is 102 cm³/mol. The molecule has 0 unspecified atom stereocenters. The van der Waals surface area contributed by atoms with Crippen LogP contribution in [0.1, 0.15) is 51.5 Å². The van der Waals surface area contributed by atoms with E-state index in [0.29, 0.717) is 30.7 Å². The predicted octanol–water partition coefficient (Wildman–Crippen LogP) is 3.76. The fraction of sp³-hybridized carbons (Fsp3) is 0.619. The van der Waals surface area contributed by atoms with E-state index in [1.54, 1.807) is 18.2 Å². The Balaban J connectivity index is 1.67. The van der Waals surface area contributed by atoms with E-state index in [4.69, 9.17) is 9.57 Å². The van der Waals surface area contributed by atoms with E-state index in [2.05, 4.69) is 17.0 Å². The minimum absolute atomic E-state index is 0.135. The zero-order valence-corrected chi connectivity index (χ0v) is 16.2. The van der Waals surface area contributed by atoms with Gasteiger partial charge < -0.3 is 14.5 Å². The van der Waals surface area contributed by atoms with Crippen LogP contribution in [-0.4, -0.2) is 48.9 Å². The van der Waals surface area contributed by atoms with Gasteiger partial charge in [-0.05, 0) is 51.9 Å². The number of likely N-dealkylation sites (tertiary alicyclic amines) is 1. The molecule has 1 saturated heterocycles. The molecule has 6 heteroatoms. The molecule has 0 aliphatic carbocycles. The van der Waals surface area contributed by atoms with Crippen LogP contribution < -0.4 is 0 Å². The van der Waals surface area contributed by atoms with Crippen LogP contribution in [0.25, 0.3) is 0 Å². The number of rotatable bonds is 7. The molecule has 1 atom stereocenters. The number of esters is 1. The molecule has 1 aromatic carbocycles. The SMILES string of the molecule is CCCN1CCC(C[C@@H]2CC(c3ccccc3F)=NO2)(C(=O)OCC)CC1. The molecule has 2 heterocycles. The molecule has 1 aromatic rings. The number of hydrogen-bond acceptors (Lipinski definition) is 5. The van der Waals surface area contributed by atoms with Gasteiger partial charge in [-0.2, -0.15) is 0 Å². The van der Waals surface area contributed by atoms with Gasteiger partial charge in [-0.15, -0.1) is 0 Å². The van der Waals surface area contributed by atoms with E-state index in [0.717, 1.165) is 38.9 Å². The molecule has 0 amide bonds. The summed E-state index contributed by atoms with van der Waals surface area (Å²) in [5, 5.41) is 4.11. The van der Waals surface area contributed by atoms with Crippen molar-refractivity contribution >= 4 is 11.7 Å². The molecule has 148 valence electrons. The fourth-order valence-corrected chi connectivity index (χ4v) is 4.12. The highest BCUT2D eigenvalue weighted by Crippen LogP contribution is 2.40. The molecule has 0 spiro atoms. The topological polar surface area (TPSA) is 51.1 Å². The Kier molecular flexibility index (Phi) is 6.47. The summed E-state index contributed by atoms with van der Waals surface area (Å²) in [6.45, 7) is 7.21. The lowest BCUT2D eigenvalue weighted by atomic mass is 9.73. The van der Waals surface area contributed by atoms with E-state index in [-0.39, 0.29) is 17.9 Å². The van der Waals surface area contributed by atoms with Crippen molar-refractivity contribution in [3.8, 4) is 0 Å². The maximum absolute atomic E-state index is 14.0. The van der Waals surface area contributed by atoms with Gasteiger partial charge in [0.2, 0.25) is 0 Å². The summed E-state index contributed by atoms with van der Waals surface area (Å²) >= 11 is 0. The Hall–Kier alpha value is -1.95. The second-order valence-corrected chi connectivity index (χ2v) is 7.50. The number of benzene rings is 1. The monoisotopic (exact) mass is 376 g/mol. The summed E-state index contributed by atoms with van der Waals surface area (Å²) in [6, 6.07) is 6.59. The second-order valence-electron chi connectivity index (χ2n) is 7.50. The first-order valence-corrected chi connectivity index (χ1v) is 9.95. The van der Waals surface area contributed by atoms with Crippen molar-refractivity contribution in [2.45, 2.75) is 52.1 Å². The molecule has 0 N–H and O–H groups in total. The zero-order valence-electron chi connectivity index (χ0n) is 16.2. The van der Waals surface area contributed by atoms with Gasteiger partial charge in [0.25, 0.3) is 0 Å². The molecule has 2 aliphatic rings. The van der Waals surface area contributed by atoms with Crippen molar-refractivity contribution < 1.29 is 18.8 Å². The molecular formula is C21H29FN2O3. The van der Waals surface area contributed by atoms with Crippen molar-refractivity contribution in [3.05, 3.63) is 35.6 Å². The average Bonchev–Trinajstić information content (AvgIpc) is 3.12. The van der Waals surface area contributed by atoms with Crippen molar-refractivity contribution in [1.82, 2.24) is 4.90 Å². The quantitative estimate of drug-likeness (QED) is 0.680. The first kappa shape index (κ1) is 19.8. The van der Waals surface area contributed by atoms with Crippen LogP contribution in [0.3, 0.4) is 0 Å². The third-order valence-electron chi connectivity index (χ3n) is 5.60. The Bertz CT molecular complexity index is 684. The number of ether oxygens (including phenoxy) is 1. The third-order valence-corrected chi connectivity index (χ3v) is 5.60. The summed E-state index contributed by atoms with van der Waals surface area (Å²) in [7, 11) is 0. The lowest BCUT2D eigenvalue weighted by molar-refractivity contribution is -0.161. The van der Waals surface area contributed by atoms with Gasteiger partial charge in [0.05, 0.1) is 17.7 Å². The van der Waals surface area contributed by atoms with Gasteiger partial charge in [0.15, 0.2) is 0 Å². The lowest BCUT2D eigenvalue weighted by Gasteiger charge is -2.40. The molecule has 0 bridgehead atoms. The molecule has 0 aromatic heterocycles. The molecule has 1 fully saturated rings. The van der Waals surface area contributed by atoms with E-state index in [1.165, 1.54) is 6.07 Å². The Morgan fingerprint density at radius 3 is 2.74 bits per heavy atom. The number of carbonyl (C=O) groups is 1. The van der Waals surface area contributed by atoms with Crippen LogP contribution in [0.4, 0.5) is 4.39 Å².